The first-order valence-electron chi connectivity index (χ1n) is 8.31. The van der Waals surface area contributed by atoms with Crippen molar-refractivity contribution in [3.8, 4) is 11.5 Å². The third kappa shape index (κ3) is 4.20. The lowest BCUT2D eigenvalue weighted by atomic mass is 10.1. The van der Waals surface area contributed by atoms with E-state index >= 15 is 0 Å². The largest absolute Gasteiger partial charge is 0.496 e. The Hall–Kier alpha value is -3.05. The molecule has 2 aromatic carbocycles. The first kappa shape index (κ1) is 18.7. The van der Waals surface area contributed by atoms with Crippen LogP contribution in [0.25, 0.3) is 0 Å². The third-order valence-electron chi connectivity index (χ3n) is 4.09. The number of pyridine rings is 1. The smallest absolute Gasteiger partial charge is 0.266 e. The van der Waals surface area contributed by atoms with Crippen LogP contribution in [0.15, 0.2) is 67.0 Å². The molecule has 0 bridgehead atoms. The number of benzene rings is 2. The zero-order valence-electron chi connectivity index (χ0n) is 15.1. The number of methoxy groups -OCH3 is 2. The fourth-order valence-corrected chi connectivity index (χ4v) is 2.90. The summed E-state index contributed by atoms with van der Waals surface area (Å²) in [5.41, 5.74) is 1.97. The number of aromatic nitrogens is 1. The predicted molar refractivity (Wildman–Crippen MR) is 106 cm³/mol. The van der Waals surface area contributed by atoms with Crippen LogP contribution in [0.2, 0.25) is 5.02 Å². The Morgan fingerprint density at radius 2 is 1.67 bits per heavy atom. The van der Waals surface area contributed by atoms with Gasteiger partial charge in [0.25, 0.3) is 5.91 Å². The highest BCUT2D eigenvalue weighted by molar-refractivity contribution is 6.30. The highest BCUT2D eigenvalue weighted by Gasteiger charge is 2.25. The molecule has 6 heteroatoms. The summed E-state index contributed by atoms with van der Waals surface area (Å²) in [5, 5.41) is 0.599. The standard InChI is InChI=1S/C21H19ClN2O3/c1-26-18-6-3-7-19(27-2)20(18)21(25)24(14-15-5-4-12-23-13-15)17-10-8-16(22)9-11-17/h3-13H,14H2,1-2H3. The summed E-state index contributed by atoms with van der Waals surface area (Å²) >= 11 is 6.02. The number of ether oxygens (including phenoxy) is 2. The Morgan fingerprint density at radius 3 is 2.22 bits per heavy atom. The molecular weight excluding hydrogens is 364 g/mol. The fourth-order valence-electron chi connectivity index (χ4n) is 2.77. The number of nitrogens with zero attached hydrogens (tertiary/aromatic N) is 2. The maximum Gasteiger partial charge on any atom is 0.266 e. The van der Waals surface area contributed by atoms with Gasteiger partial charge in [-0.15, -0.1) is 0 Å². The van der Waals surface area contributed by atoms with Crippen molar-refractivity contribution in [2.75, 3.05) is 19.1 Å². The number of rotatable bonds is 6. The molecule has 0 spiro atoms. The third-order valence-corrected chi connectivity index (χ3v) is 4.34. The van der Waals surface area contributed by atoms with Gasteiger partial charge in [-0.25, -0.2) is 0 Å². The first-order chi connectivity index (χ1) is 13.1. The molecule has 0 fully saturated rings. The fraction of sp³-hybridized carbons (Fsp3) is 0.143. The van der Waals surface area contributed by atoms with Gasteiger partial charge in [-0.1, -0.05) is 23.7 Å². The topological polar surface area (TPSA) is 51.7 Å². The molecule has 0 aliphatic heterocycles. The predicted octanol–water partition coefficient (Wildman–Crippen LogP) is 4.60. The van der Waals surface area contributed by atoms with Crippen molar-refractivity contribution in [2.24, 2.45) is 0 Å². The van der Waals surface area contributed by atoms with E-state index in [1.807, 2.05) is 12.1 Å². The van der Waals surface area contributed by atoms with Crippen LogP contribution in [0.3, 0.4) is 0 Å². The highest BCUT2D eigenvalue weighted by atomic mass is 35.5. The number of hydrogen-bond donors (Lipinski definition) is 0. The van der Waals surface area contributed by atoms with Crippen molar-refractivity contribution in [1.29, 1.82) is 0 Å². The SMILES string of the molecule is COc1cccc(OC)c1C(=O)N(Cc1cccnc1)c1ccc(Cl)cc1. The summed E-state index contributed by atoms with van der Waals surface area (Å²) in [6.07, 6.45) is 3.43. The van der Waals surface area contributed by atoms with Crippen LogP contribution in [0.5, 0.6) is 11.5 Å². The average molecular weight is 383 g/mol. The van der Waals surface area contributed by atoms with Gasteiger partial charge < -0.3 is 14.4 Å². The minimum Gasteiger partial charge on any atom is -0.496 e. The number of amides is 1. The molecule has 1 aromatic heterocycles. The van der Waals surface area contributed by atoms with E-state index in [9.17, 15) is 4.79 Å². The average Bonchev–Trinajstić information content (AvgIpc) is 2.72. The van der Waals surface area contributed by atoms with E-state index in [0.29, 0.717) is 34.3 Å². The van der Waals surface area contributed by atoms with Crippen molar-refractivity contribution in [3.63, 3.8) is 0 Å². The summed E-state index contributed by atoms with van der Waals surface area (Å²) in [6, 6.07) is 16.1. The molecule has 0 atom stereocenters. The van der Waals surface area contributed by atoms with E-state index in [1.54, 1.807) is 59.8 Å². The lowest BCUT2D eigenvalue weighted by molar-refractivity contribution is 0.0979. The molecule has 0 unspecified atom stereocenters. The van der Waals surface area contributed by atoms with Crippen LogP contribution in [0.4, 0.5) is 5.69 Å². The second-order valence-corrected chi connectivity index (χ2v) is 6.20. The molecular formula is C21H19ClN2O3. The number of halogens is 1. The molecule has 1 heterocycles. The van der Waals surface area contributed by atoms with Crippen LogP contribution in [0.1, 0.15) is 15.9 Å². The van der Waals surface area contributed by atoms with Crippen LogP contribution in [0, 0.1) is 0 Å². The quantitative estimate of drug-likeness (QED) is 0.625. The van der Waals surface area contributed by atoms with Gasteiger partial charge in [-0.2, -0.15) is 0 Å². The van der Waals surface area contributed by atoms with Gasteiger partial charge in [0, 0.05) is 23.1 Å². The molecule has 1 amide bonds. The van der Waals surface area contributed by atoms with Gasteiger partial charge in [0.05, 0.1) is 20.8 Å². The maximum absolute atomic E-state index is 13.5. The monoisotopic (exact) mass is 382 g/mol. The Balaban J connectivity index is 2.07. The maximum atomic E-state index is 13.5. The lowest BCUT2D eigenvalue weighted by Gasteiger charge is -2.25. The van der Waals surface area contributed by atoms with E-state index in [2.05, 4.69) is 4.98 Å². The minimum absolute atomic E-state index is 0.240. The number of hydrogen-bond acceptors (Lipinski definition) is 4. The molecule has 138 valence electrons. The lowest BCUT2D eigenvalue weighted by Crippen LogP contribution is -2.31. The van der Waals surface area contributed by atoms with Crippen molar-refractivity contribution in [3.05, 3.63) is 83.1 Å². The van der Waals surface area contributed by atoms with Crippen LogP contribution in [-0.4, -0.2) is 25.1 Å². The highest BCUT2D eigenvalue weighted by Crippen LogP contribution is 2.32. The summed E-state index contributed by atoms with van der Waals surface area (Å²) in [5.74, 6) is 0.657. The minimum atomic E-state index is -0.240. The van der Waals surface area contributed by atoms with Gasteiger partial charge in [-0.05, 0) is 48.0 Å². The van der Waals surface area contributed by atoms with Gasteiger partial charge in [-0.3, -0.25) is 9.78 Å². The van der Waals surface area contributed by atoms with E-state index in [4.69, 9.17) is 21.1 Å². The Bertz CT molecular complexity index is 892. The molecule has 5 nitrogen and oxygen atoms in total. The van der Waals surface area contributed by atoms with Crippen molar-refractivity contribution < 1.29 is 14.3 Å². The van der Waals surface area contributed by atoms with Crippen molar-refractivity contribution in [2.45, 2.75) is 6.54 Å². The van der Waals surface area contributed by atoms with E-state index in [0.717, 1.165) is 5.56 Å². The molecule has 0 radical (unpaired) electrons. The van der Waals surface area contributed by atoms with E-state index in [-0.39, 0.29) is 5.91 Å². The second kappa shape index (κ2) is 8.56. The summed E-state index contributed by atoms with van der Waals surface area (Å²) in [4.78, 5) is 19.3. The summed E-state index contributed by atoms with van der Waals surface area (Å²) in [6.45, 7) is 0.343. The van der Waals surface area contributed by atoms with Gasteiger partial charge in [0.1, 0.15) is 17.1 Å². The molecule has 3 aromatic rings. The number of carbonyl (C=O) groups is 1. The van der Waals surface area contributed by atoms with Crippen molar-refractivity contribution >= 4 is 23.2 Å². The normalized spacial score (nSPS) is 10.3. The molecule has 0 aliphatic carbocycles. The summed E-state index contributed by atoms with van der Waals surface area (Å²) < 4.78 is 10.8. The number of anilines is 1. The van der Waals surface area contributed by atoms with Gasteiger partial charge in [0.15, 0.2) is 0 Å². The van der Waals surface area contributed by atoms with E-state index < -0.39 is 0 Å². The molecule has 0 N–H and O–H groups in total. The van der Waals surface area contributed by atoms with Crippen LogP contribution in [-0.2, 0) is 6.54 Å². The Labute approximate surface area is 163 Å². The number of carbonyl (C=O) groups excluding carboxylic acids is 1. The molecule has 0 saturated heterocycles. The summed E-state index contributed by atoms with van der Waals surface area (Å²) in [7, 11) is 3.05. The Morgan fingerprint density at radius 1 is 1.00 bits per heavy atom. The zero-order chi connectivity index (χ0) is 19.2. The first-order valence-corrected chi connectivity index (χ1v) is 8.69. The Kier molecular flexibility index (Phi) is 5.94. The zero-order valence-corrected chi connectivity index (χ0v) is 15.8. The van der Waals surface area contributed by atoms with E-state index in [1.165, 1.54) is 14.2 Å². The molecule has 0 saturated carbocycles. The van der Waals surface area contributed by atoms with Crippen molar-refractivity contribution in [1.82, 2.24) is 4.98 Å². The van der Waals surface area contributed by atoms with Gasteiger partial charge >= 0.3 is 0 Å². The van der Waals surface area contributed by atoms with Gasteiger partial charge in [0.2, 0.25) is 0 Å². The second-order valence-electron chi connectivity index (χ2n) is 5.77. The van der Waals surface area contributed by atoms with Crippen LogP contribution >= 0.6 is 11.6 Å². The molecule has 0 aliphatic rings. The van der Waals surface area contributed by atoms with Crippen LogP contribution < -0.4 is 14.4 Å². The molecule has 27 heavy (non-hydrogen) atoms. The molecule has 3 rings (SSSR count).